The second-order valence-corrected chi connectivity index (χ2v) is 10.1. The van der Waals surface area contributed by atoms with Gasteiger partial charge in [-0.05, 0) is 104 Å². The van der Waals surface area contributed by atoms with E-state index in [4.69, 9.17) is 11.6 Å². The van der Waals surface area contributed by atoms with Gasteiger partial charge in [0, 0.05) is 17.1 Å². The highest BCUT2D eigenvalue weighted by atomic mass is 14.7. The summed E-state index contributed by atoms with van der Waals surface area (Å²) in [5, 5.41) is 6.82. The number of hydrogen-bond donors (Lipinski definition) is 0. The second kappa shape index (κ2) is 7.26. The molecule has 6 aromatic rings. The average Bonchev–Trinajstić information content (AvgIpc) is 2.94. The first-order valence-electron chi connectivity index (χ1n) is 12.7. The van der Waals surface area contributed by atoms with E-state index in [2.05, 4.69) is 71.6 Å². The highest BCUT2D eigenvalue weighted by Crippen LogP contribution is 2.45. The van der Waals surface area contributed by atoms with Crippen molar-refractivity contribution in [1.82, 2.24) is 4.98 Å². The van der Waals surface area contributed by atoms with Crippen LogP contribution in [0.15, 0.2) is 85.1 Å². The second-order valence-electron chi connectivity index (χ2n) is 10.1. The van der Waals surface area contributed by atoms with Crippen molar-refractivity contribution < 1.29 is 0 Å². The molecule has 8 rings (SSSR count). The van der Waals surface area contributed by atoms with Crippen molar-refractivity contribution in [2.75, 3.05) is 0 Å². The van der Waals surface area contributed by atoms with Crippen LogP contribution in [-0.2, 0) is 25.7 Å². The van der Waals surface area contributed by atoms with Crippen LogP contribution in [0.4, 0.5) is 5.69 Å². The number of nitrogens with zero attached hydrogens (tertiary/aromatic N) is 2. The molecule has 0 amide bonds. The fraction of sp³-hybridized carbons (Fsp3) is 0.118. The van der Waals surface area contributed by atoms with E-state index < -0.39 is 0 Å². The zero-order chi connectivity index (χ0) is 23.8. The summed E-state index contributed by atoms with van der Waals surface area (Å²) in [6.07, 6.45) is 6.35. The van der Waals surface area contributed by atoms with Crippen molar-refractivity contribution in [3.05, 3.63) is 119 Å². The lowest BCUT2D eigenvalue weighted by molar-refractivity contribution is 0.877. The first-order chi connectivity index (χ1) is 17.8. The maximum Gasteiger partial charge on any atom is 0.195 e. The molecule has 5 aromatic carbocycles. The molecule has 2 nitrogen and oxygen atoms in total. The van der Waals surface area contributed by atoms with Gasteiger partial charge in [-0.3, -0.25) is 4.98 Å². The van der Waals surface area contributed by atoms with Gasteiger partial charge in [0.1, 0.15) is 0 Å². The summed E-state index contributed by atoms with van der Waals surface area (Å²) < 4.78 is 0. The number of rotatable bonds is 1. The molecule has 1 aromatic heterocycles. The molecule has 36 heavy (non-hydrogen) atoms. The Morgan fingerprint density at radius 1 is 0.611 bits per heavy atom. The summed E-state index contributed by atoms with van der Waals surface area (Å²) in [4.78, 5) is 8.73. The molecular formula is C34H22N2. The van der Waals surface area contributed by atoms with Gasteiger partial charge in [-0.1, -0.05) is 60.7 Å². The van der Waals surface area contributed by atoms with Crippen LogP contribution in [0.25, 0.3) is 59.5 Å². The Bertz CT molecular complexity index is 1910. The van der Waals surface area contributed by atoms with Crippen LogP contribution in [0.3, 0.4) is 0 Å². The van der Waals surface area contributed by atoms with Crippen LogP contribution in [0.2, 0.25) is 0 Å². The molecule has 0 aliphatic heterocycles. The van der Waals surface area contributed by atoms with Crippen LogP contribution < -0.4 is 0 Å². The normalized spacial score (nSPS) is 13.6. The minimum atomic E-state index is 0.708. The summed E-state index contributed by atoms with van der Waals surface area (Å²) in [6, 6.07) is 28.5. The molecule has 0 spiro atoms. The molecule has 0 saturated carbocycles. The lowest BCUT2D eigenvalue weighted by atomic mass is 9.74. The Balaban J connectivity index is 1.38. The van der Waals surface area contributed by atoms with Gasteiger partial charge >= 0.3 is 0 Å². The Hall–Kier alpha value is -4.48. The molecule has 1 heterocycles. The van der Waals surface area contributed by atoms with Crippen molar-refractivity contribution in [2.24, 2.45) is 0 Å². The number of fused-ring (bicyclic) bond motifs is 5. The summed E-state index contributed by atoms with van der Waals surface area (Å²) in [7, 11) is 0. The van der Waals surface area contributed by atoms with E-state index in [0.29, 0.717) is 5.69 Å². The highest BCUT2D eigenvalue weighted by Gasteiger charge is 2.26. The molecule has 0 N–H and O–H groups in total. The van der Waals surface area contributed by atoms with Crippen molar-refractivity contribution >= 4 is 38.0 Å². The van der Waals surface area contributed by atoms with E-state index in [1.807, 2.05) is 18.3 Å². The summed E-state index contributed by atoms with van der Waals surface area (Å²) >= 11 is 0. The quantitative estimate of drug-likeness (QED) is 0.178. The third-order valence-corrected chi connectivity index (χ3v) is 8.27. The van der Waals surface area contributed by atoms with Gasteiger partial charge in [0.25, 0.3) is 0 Å². The Kier molecular flexibility index (Phi) is 3.99. The zero-order valence-corrected chi connectivity index (χ0v) is 19.8. The molecule has 0 saturated heterocycles. The lowest BCUT2D eigenvalue weighted by Crippen LogP contribution is -2.14. The first-order valence-corrected chi connectivity index (χ1v) is 12.7. The fourth-order valence-electron chi connectivity index (χ4n) is 6.71. The molecule has 168 valence electrons. The van der Waals surface area contributed by atoms with Crippen molar-refractivity contribution in [1.29, 1.82) is 0 Å². The zero-order valence-electron chi connectivity index (χ0n) is 19.8. The van der Waals surface area contributed by atoms with Gasteiger partial charge in [-0.2, -0.15) is 0 Å². The lowest BCUT2D eigenvalue weighted by Gasteiger charge is -2.30. The predicted octanol–water partition coefficient (Wildman–Crippen LogP) is 8.62. The van der Waals surface area contributed by atoms with Crippen LogP contribution >= 0.6 is 0 Å². The maximum atomic E-state index is 7.69. The van der Waals surface area contributed by atoms with Gasteiger partial charge in [0.2, 0.25) is 0 Å². The van der Waals surface area contributed by atoms with Gasteiger partial charge in [0.15, 0.2) is 5.69 Å². The Morgan fingerprint density at radius 3 is 2.03 bits per heavy atom. The Labute approximate surface area is 209 Å². The number of aryl methyl sites for hydroxylation is 4. The average molecular weight is 459 g/mol. The molecule has 2 aliphatic carbocycles. The molecule has 0 atom stereocenters. The molecule has 2 aliphatic rings. The van der Waals surface area contributed by atoms with E-state index in [9.17, 15) is 0 Å². The third-order valence-electron chi connectivity index (χ3n) is 8.27. The standard InChI is InChI=1S/C34H22N2/c1-35-30-7-3-6-22-12-13-26-27-16-17-36-34(29(27)15-14-28(26)33(22)30)25-18-23-10-8-20-4-2-5-21-9-11-24(19-25)32(23)31(20)21/h2-7,12-19H,8-11H2. The highest BCUT2D eigenvalue weighted by molar-refractivity contribution is 6.21. The summed E-state index contributed by atoms with van der Waals surface area (Å²) in [5.41, 5.74) is 11.9. The van der Waals surface area contributed by atoms with Crippen molar-refractivity contribution in [3.63, 3.8) is 0 Å². The summed E-state index contributed by atoms with van der Waals surface area (Å²) in [5.74, 6) is 0. The van der Waals surface area contributed by atoms with Crippen molar-refractivity contribution in [3.8, 4) is 22.4 Å². The SMILES string of the molecule is [C-]#[N+]c1cccc2ccc3c4ccnc(-c5cc6c7c(c5)CCc5cccc(c5-7)CC6)c4ccc3c12. The van der Waals surface area contributed by atoms with E-state index in [1.54, 1.807) is 0 Å². The molecule has 0 radical (unpaired) electrons. The van der Waals surface area contributed by atoms with Crippen LogP contribution in [0.5, 0.6) is 0 Å². The number of pyridine rings is 1. The van der Waals surface area contributed by atoms with Crippen LogP contribution in [0, 0.1) is 6.57 Å². The number of benzene rings is 5. The van der Waals surface area contributed by atoms with E-state index >= 15 is 0 Å². The number of hydrogen-bond acceptors (Lipinski definition) is 1. The van der Waals surface area contributed by atoms with Gasteiger partial charge in [-0.25, -0.2) is 4.85 Å². The van der Waals surface area contributed by atoms with Gasteiger partial charge in [-0.15, -0.1) is 0 Å². The molecule has 0 bridgehead atoms. The number of aromatic nitrogens is 1. The molecule has 2 heteroatoms. The third kappa shape index (κ3) is 2.63. The molecular weight excluding hydrogens is 436 g/mol. The van der Waals surface area contributed by atoms with Crippen LogP contribution in [-0.4, -0.2) is 4.98 Å². The van der Waals surface area contributed by atoms with E-state index in [0.717, 1.165) is 47.5 Å². The van der Waals surface area contributed by atoms with Crippen LogP contribution in [0.1, 0.15) is 22.3 Å². The molecule has 0 unspecified atom stereocenters. The van der Waals surface area contributed by atoms with Gasteiger partial charge < -0.3 is 0 Å². The van der Waals surface area contributed by atoms with E-state index in [-0.39, 0.29) is 0 Å². The maximum absolute atomic E-state index is 7.69. The van der Waals surface area contributed by atoms with Crippen molar-refractivity contribution in [2.45, 2.75) is 25.7 Å². The van der Waals surface area contributed by atoms with Gasteiger partial charge in [0.05, 0.1) is 12.3 Å². The summed E-state index contributed by atoms with van der Waals surface area (Å²) in [6.45, 7) is 7.69. The largest absolute Gasteiger partial charge is 0.256 e. The molecule has 0 fully saturated rings. The van der Waals surface area contributed by atoms with E-state index in [1.165, 1.54) is 55.1 Å². The smallest absolute Gasteiger partial charge is 0.195 e. The minimum Gasteiger partial charge on any atom is -0.256 e. The topological polar surface area (TPSA) is 17.2 Å². The monoisotopic (exact) mass is 458 g/mol. The first kappa shape index (κ1) is 19.8. The minimum absolute atomic E-state index is 0.708. The predicted molar refractivity (Wildman–Crippen MR) is 149 cm³/mol. The Morgan fingerprint density at radius 2 is 1.25 bits per heavy atom. The fourth-order valence-corrected chi connectivity index (χ4v) is 6.71.